The summed E-state index contributed by atoms with van der Waals surface area (Å²) in [6.07, 6.45) is 0.454. The summed E-state index contributed by atoms with van der Waals surface area (Å²) in [5, 5.41) is 3.42. The molecular weight excluding hydrogens is 314 g/mol. The van der Waals surface area contributed by atoms with Gasteiger partial charge in [0.25, 0.3) is 0 Å². The summed E-state index contributed by atoms with van der Waals surface area (Å²) in [6, 6.07) is 7.74. The van der Waals surface area contributed by atoms with Crippen molar-refractivity contribution in [1.29, 1.82) is 0 Å². The number of hydrogen-bond donors (Lipinski definition) is 1. The minimum Gasteiger partial charge on any atom is -0.368 e. The van der Waals surface area contributed by atoms with Gasteiger partial charge >= 0.3 is 0 Å². The zero-order valence-corrected chi connectivity index (χ0v) is 14.5. The van der Waals surface area contributed by atoms with Crippen molar-refractivity contribution in [2.24, 2.45) is 5.92 Å². The first kappa shape index (κ1) is 17.6. The number of carbonyl (C=O) groups excluding carboxylic acids is 2. The molecule has 0 spiro atoms. The van der Waals surface area contributed by atoms with E-state index >= 15 is 0 Å². The van der Waals surface area contributed by atoms with Crippen molar-refractivity contribution < 1.29 is 9.59 Å². The van der Waals surface area contributed by atoms with Crippen LogP contribution in [-0.2, 0) is 9.59 Å². The number of benzene rings is 1. The molecule has 1 aromatic rings. The summed E-state index contributed by atoms with van der Waals surface area (Å²) >= 11 is 6.02. The molecule has 126 valence electrons. The van der Waals surface area contributed by atoms with E-state index in [0.29, 0.717) is 30.5 Å². The molecule has 1 saturated heterocycles. The van der Waals surface area contributed by atoms with Gasteiger partial charge in [-0.3, -0.25) is 9.59 Å². The molecule has 5 nitrogen and oxygen atoms in total. The second-order valence-corrected chi connectivity index (χ2v) is 6.66. The third kappa shape index (κ3) is 5.43. The van der Waals surface area contributed by atoms with Gasteiger partial charge in [-0.05, 0) is 24.1 Å². The van der Waals surface area contributed by atoms with Crippen LogP contribution in [0.3, 0.4) is 0 Å². The Kier molecular flexibility index (Phi) is 6.28. The Balaban J connectivity index is 1.77. The molecule has 0 aromatic heterocycles. The van der Waals surface area contributed by atoms with Crippen molar-refractivity contribution in [2.75, 3.05) is 37.6 Å². The smallest absolute Gasteiger partial charge is 0.242 e. The number of carbonyl (C=O) groups is 2. The van der Waals surface area contributed by atoms with E-state index in [4.69, 9.17) is 11.6 Å². The van der Waals surface area contributed by atoms with Gasteiger partial charge in [-0.1, -0.05) is 31.5 Å². The average Bonchev–Trinajstić information content (AvgIpc) is 2.52. The molecule has 0 radical (unpaired) electrons. The molecule has 23 heavy (non-hydrogen) atoms. The molecule has 0 bridgehead atoms. The lowest BCUT2D eigenvalue weighted by Gasteiger charge is -2.36. The van der Waals surface area contributed by atoms with E-state index < -0.39 is 0 Å². The summed E-state index contributed by atoms with van der Waals surface area (Å²) < 4.78 is 0. The third-order valence-electron chi connectivity index (χ3n) is 3.84. The molecule has 0 unspecified atom stereocenters. The first-order valence-corrected chi connectivity index (χ1v) is 8.38. The Hall–Kier alpha value is -1.75. The number of nitrogens with zero attached hydrogens (tertiary/aromatic N) is 2. The fourth-order valence-corrected chi connectivity index (χ4v) is 2.80. The highest BCUT2D eigenvalue weighted by molar-refractivity contribution is 6.30. The second kappa shape index (κ2) is 8.20. The van der Waals surface area contributed by atoms with E-state index in [9.17, 15) is 9.59 Å². The number of hydrogen-bond acceptors (Lipinski definition) is 3. The van der Waals surface area contributed by atoms with Gasteiger partial charge in [0, 0.05) is 43.3 Å². The van der Waals surface area contributed by atoms with E-state index in [1.165, 1.54) is 0 Å². The lowest BCUT2D eigenvalue weighted by atomic mass is 10.1. The summed E-state index contributed by atoms with van der Waals surface area (Å²) in [5.74, 6) is 0.213. The quantitative estimate of drug-likeness (QED) is 0.895. The summed E-state index contributed by atoms with van der Waals surface area (Å²) in [6.45, 7) is 6.91. The fourth-order valence-electron chi connectivity index (χ4n) is 2.62. The highest BCUT2D eigenvalue weighted by Gasteiger charge is 2.21. The van der Waals surface area contributed by atoms with Crippen LogP contribution in [0, 0.1) is 5.92 Å². The van der Waals surface area contributed by atoms with E-state index in [1.807, 2.05) is 38.1 Å². The van der Waals surface area contributed by atoms with Crippen LogP contribution in [0.2, 0.25) is 5.02 Å². The van der Waals surface area contributed by atoms with Gasteiger partial charge in [-0.2, -0.15) is 0 Å². The zero-order valence-electron chi connectivity index (χ0n) is 13.7. The van der Waals surface area contributed by atoms with Crippen LogP contribution in [0.1, 0.15) is 20.3 Å². The molecular formula is C17H24ClN3O2. The van der Waals surface area contributed by atoms with Crippen molar-refractivity contribution in [3.05, 3.63) is 29.3 Å². The predicted octanol–water partition coefficient (Wildman–Crippen LogP) is 2.15. The molecule has 1 fully saturated rings. The van der Waals surface area contributed by atoms with Crippen LogP contribution in [0.15, 0.2) is 24.3 Å². The first-order chi connectivity index (χ1) is 11.0. The van der Waals surface area contributed by atoms with Gasteiger partial charge in [0.15, 0.2) is 0 Å². The SMILES string of the molecule is CC(C)CC(=O)NCC(=O)N1CCN(c2cccc(Cl)c2)CC1. The van der Waals surface area contributed by atoms with E-state index in [-0.39, 0.29) is 18.4 Å². The van der Waals surface area contributed by atoms with Crippen LogP contribution in [0.25, 0.3) is 0 Å². The van der Waals surface area contributed by atoms with Gasteiger partial charge in [0.2, 0.25) is 11.8 Å². The second-order valence-electron chi connectivity index (χ2n) is 6.22. The molecule has 2 amide bonds. The Labute approximate surface area is 142 Å². The largest absolute Gasteiger partial charge is 0.368 e. The number of anilines is 1. The van der Waals surface area contributed by atoms with Crippen LogP contribution in [0.5, 0.6) is 0 Å². The van der Waals surface area contributed by atoms with E-state index in [2.05, 4.69) is 10.2 Å². The van der Waals surface area contributed by atoms with Crippen LogP contribution in [0.4, 0.5) is 5.69 Å². The van der Waals surface area contributed by atoms with Gasteiger partial charge in [-0.25, -0.2) is 0 Å². The van der Waals surface area contributed by atoms with Crippen molar-refractivity contribution in [2.45, 2.75) is 20.3 Å². The standard InChI is InChI=1S/C17H24ClN3O2/c1-13(2)10-16(22)19-12-17(23)21-8-6-20(7-9-21)15-5-3-4-14(18)11-15/h3-5,11,13H,6-10,12H2,1-2H3,(H,19,22). The molecule has 0 atom stereocenters. The molecule has 6 heteroatoms. The number of halogens is 1. The molecule has 1 heterocycles. The van der Waals surface area contributed by atoms with Gasteiger partial charge < -0.3 is 15.1 Å². The van der Waals surface area contributed by atoms with Gasteiger partial charge in [0.1, 0.15) is 0 Å². The van der Waals surface area contributed by atoms with Crippen LogP contribution >= 0.6 is 11.6 Å². The lowest BCUT2D eigenvalue weighted by Crippen LogP contribution is -2.51. The highest BCUT2D eigenvalue weighted by Crippen LogP contribution is 2.20. The van der Waals surface area contributed by atoms with Crippen molar-refractivity contribution in [3.8, 4) is 0 Å². The molecule has 1 aliphatic heterocycles. The molecule has 1 aromatic carbocycles. The zero-order chi connectivity index (χ0) is 16.8. The maximum Gasteiger partial charge on any atom is 0.242 e. The molecule has 1 N–H and O–H groups in total. The first-order valence-electron chi connectivity index (χ1n) is 8.00. The van der Waals surface area contributed by atoms with Crippen LogP contribution in [-0.4, -0.2) is 49.4 Å². The lowest BCUT2D eigenvalue weighted by molar-refractivity contribution is -0.133. The van der Waals surface area contributed by atoms with Crippen molar-refractivity contribution >= 4 is 29.1 Å². The Morgan fingerprint density at radius 1 is 1.22 bits per heavy atom. The summed E-state index contributed by atoms with van der Waals surface area (Å²) in [7, 11) is 0. The Morgan fingerprint density at radius 2 is 1.91 bits per heavy atom. The predicted molar refractivity (Wildman–Crippen MR) is 92.7 cm³/mol. The maximum absolute atomic E-state index is 12.2. The highest BCUT2D eigenvalue weighted by atomic mass is 35.5. The number of amides is 2. The van der Waals surface area contributed by atoms with Gasteiger partial charge in [-0.15, -0.1) is 0 Å². The minimum atomic E-state index is -0.0640. The Bertz CT molecular complexity index is 555. The minimum absolute atomic E-state index is 0.0205. The van der Waals surface area contributed by atoms with E-state index in [0.717, 1.165) is 18.8 Å². The average molecular weight is 338 g/mol. The fraction of sp³-hybridized carbons (Fsp3) is 0.529. The molecule has 0 aliphatic carbocycles. The monoisotopic (exact) mass is 337 g/mol. The normalized spacial score (nSPS) is 15.0. The summed E-state index contributed by atoms with van der Waals surface area (Å²) in [4.78, 5) is 27.8. The topological polar surface area (TPSA) is 52.7 Å². The molecule has 1 aliphatic rings. The maximum atomic E-state index is 12.2. The number of piperazine rings is 1. The van der Waals surface area contributed by atoms with Crippen molar-refractivity contribution in [3.63, 3.8) is 0 Å². The third-order valence-corrected chi connectivity index (χ3v) is 4.07. The van der Waals surface area contributed by atoms with Crippen LogP contribution < -0.4 is 10.2 Å². The number of nitrogens with one attached hydrogen (secondary N) is 1. The van der Waals surface area contributed by atoms with E-state index in [1.54, 1.807) is 4.90 Å². The molecule has 2 rings (SSSR count). The summed E-state index contributed by atoms with van der Waals surface area (Å²) in [5.41, 5.74) is 1.08. The van der Waals surface area contributed by atoms with Gasteiger partial charge in [0.05, 0.1) is 6.54 Å². The number of rotatable bonds is 5. The van der Waals surface area contributed by atoms with Crippen molar-refractivity contribution in [1.82, 2.24) is 10.2 Å². The Morgan fingerprint density at radius 3 is 2.52 bits per heavy atom. The molecule has 0 saturated carbocycles.